The molecule has 0 aromatic carbocycles. The molecule has 3 heterocycles. The predicted molar refractivity (Wildman–Crippen MR) is 93.0 cm³/mol. The number of aryl methyl sites for hydroxylation is 2. The summed E-state index contributed by atoms with van der Waals surface area (Å²) in [6.07, 6.45) is 8.48. The number of hydrogen-bond donors (Lipinski definition) is 1. The zero-order valence-electron chi connectivity index (χ0n) is 14.3. The molecule has 0 radical (unpaired) electrons. The van der Waals surface area contributed by atoms with E-state index in [9.17, 15) is 0 Å². The lowest BCUT2D eigenvalue weighted by Crippen LogP contribution is -2.32. The quantitative estimate of drug-likeness (QED) is 0.794. The first-order chi connectivity index (χ1) is 11.7. The van der Waals surface area contributed by atoms with Crippen LogP contribution in [0.4, 0.5) is 0 Å². The number of hydrogen-bond acceptors (Lipinski definition) is 4. The van der Waals surface area contributed by atoms with Crippen molar-refractivity contribution in [2.24, 2.45) is 0 Å². The molecular formula is C19H24N4O. The molecule has 1 fully saturated rings. The summed E-state index contributed by atoms with van der Waals surface area (Å²) in [7, 11) is 0. The van der Waals surface area contributed by atoms with Crippen LogP contribution in [-0.4, -0.2) is 20.6 Å². The van der Waals surface area contributed by atoms with E-state index in [1.807, 2.05) is 23.7 Å². The van der Waals surface area contributed by atoms with Crippen LogP contribution in [0.1, 0.15) is 54.3 Å². The van der Waals surface area contributed by atoms with Gasteiger partial charge in [0.2, 0.25) is 0 Å². The second-order valence-electron chi connectivity index (χ2n) is 6.89. The number of rotatable bonds is 4. The molecule has 0 bridgehead atoms. The molecule has 0 spiro atoms. The number of fused-ring (bicyclic) bond motifs is 1. The van der Waals surface area contributed by atoms with E-state index in [1.54, 1.807) is 6.26 Å². The second-order valence-corrected chi connectivity index (χ2v) is 6.89. The molecule has 5 nitrogen and oxygen atoms in total. The molecule has 4 rings (SSSR count). The summed E-state index contributed by atoms with van der Waals surface area (Å²) in [4.78, 5) is 4.65. The van der Waals surface area contributed by atoms with Gasteiger partial charge in [0.05, 0.1) is 12.5 Å². The van der Waals surface area contributed by atoms with Crippen LogP contribution in [0.25, 0.3) is 5.65 Å². The molecule has 1 aliphatic carbocycles. The van der Waals surface area contributed by atoms with E-state index in [0.717, 1.165) is 29.3 Å². The average molecular weight is 324 g/mol. The Morgan fingerprint density at radius 3 is 2.83 bits per heavy atom. The maximum Gasteiger partial charge on any atom is 0.159 e. The van der Waals surface area contributed by atoms with Gasteiger partial charge in [0, 0.05) is 35.5 Å². The minimum Gasteiger partial charge on any atom is -0.469 e. The fourth-order valence-electron chi connectivity index (χ4n) is 3.80. The summed E-state index contributed by atoms with van der Waals surface area (Å²) in [5.41, 5.74) is 4.32. The largest absolute Gasteiger partial charge is 0.469 e. The van der Waals surface area contributed by atoms with E-state index in [-0.39, 0.29) is 0 Å². The van der Waals surface area contributed by atoms with Crippen LogP contribution in [0, 0.1) is 13.8 Å². The Kier molecular flexibility index (Phi) is 4.10. The Hall–Kier alpha value is -2.14. The third-order valence-corrected chi connectivity index (χ3v) is 5.10. The highest BCUT2D eigenvalue weighted by atomic mass is 16.3. The first-order valence-electron chi connectivity index (χ1n) is 8.78. The molecule has 24 heavy (non-hydrogen) atoms. The zero-order chi connectivity index (χ0) is 16.5. The van der Waals surface area contributed by atoms with Crippen LogP contribution < -0.4 is 5.32 Å². The van der Waals surface area contributed by atoms with Gasteiger partial charge in [-0.05, 0) is 57.7 Å². The Labute approximate surface area is 142 Å². The van der Waals surface area contributed by atoms with E-state index in [0.29, 0.717) is 12.0 Å². The van der Waals surface area contributed by atoms with Crippen LogP contribution in [0.2, 0.25) is 0 Å². The topological polar surface area (TPSA) is 55.4 Å². The average Bonchev–Trinajstić information content (AvgIpc) is 3.23. The summed E-state index contributed by atoms with van der Waals surface area (Å²) in [6, 6.07) is 6.72. The predicted octanol–water partition coefficient (Wildman–Crippen LogP) is 3.76. The van der Waals surface area contributed by atoms with E-state index >= 15 is 0 Å². The van der Waals surface area contributed by atoms with Gasteiger partial charge in [0.1, 0.15) is 5.76 Å². The van der Waals surface area contributed by atoms with Gasteiger partial charge in [0.25, 0.3) is 0 Å². The number of furan rings is 1. The smallest absolute Gasteiger partial charge is 0.159 e. The zero-order valence-corrected chi connectivity index (χ0v) is 14.3. The van der Waals surface area contributed by atoms with Crippen molar-refractivity contribution >= 4 is 5.65 Å². The maximum absolute atomic E-state index is 5.56. The standard InChI is InChI=1S/C19H24N4O/c1-13-10-14(2)23-19(22-13)16(12-21-23)11-20-17-7-5-15(6-8-17)18-4-3-9-24-18/h3-4,9-10,12,15,17,20H,5-8,11H2,1-2H3. The maximum atomic E-state index is 5.56. The van der Waals surface area contributed by atoms with Crippen molar-refractivity contribution in [3.63, 3.8) is 0 Å². The number of nitrogens with zero attached hydrogens (tertiary/aromatic N) is 3. The second kappa shape index (κ2) is 6.40. The van der Waals surface area contributed by atoms with Gasteiger partial charge >= 0.3 is 0 Å². The Morgan fingerprint density at radius 1 is 1.25 bits per heavy atom. The van der Waals surface area contributed by atoms with Gasteiger partial charge in [-0.1, -0.05) is 0 Å². The summed E-state index contributed by atoms with van der Waals surface area (Å²) < 4.78 is 7.49. The Bertz CT molecular complexity index is 813. The van der Waals surface area contributed by atoms with Gasteiger partial charge < -0.3 is 9.73 Å². The van der Waals surface area contributed by atoms with Crippen molar-refractivity contribution in [3.05, 3.63) is 53.4 Å². The molecule has 3 aromatic heterocycles. The lowest BCUT2D eigenvalue weighted by Gasteiger charge is -2.28. The SMILES string of the molecule is Cc1cc(C)n2ncc(CNC3CCC(c4ccco4)CC3)c2n1. The molecule has 3 aromatic rings. The van der Waals surface area contributed by atoms with E-state index < -0.39 is 0 Å². The van der Waals surface area contributed by atoms with Gasteiger partial charge in [-0.2, -0.15) is 5.10 Å². The summed E-state index contributed by atoms with van der Waals surface area (Å²) in [5.74, 6) is 1.73. The third-order valence-electron chi connectivity index (χ3n) is 5.10. The summed E-state index contributed by atoms with van der Waals surface area (Å²) >= 11 is 0. The molecule has 0 saturated heterocycles. The molecule has 1 saturated carbocycles. The highest BCUT2D eigenvalue weighted by Crippen LogP contribution is 2.33. The molecule has 1 aliphatic rings. The van der Waals surface area contributed by atoms with Gasteiger partial charge in [0.15, 0.2) is 5.65 Å². The molecule has 0 atom stereocenters. The molecule has 0 aliphatic heterocycles. The summed E-state index contributed by atoms with van der Waals surface area (Å²) in [6.45, 7) is 4.93. The van der Waals surface area contributed by atoms with Crippen molar-refractivity contribution < 1.29 is 4.42 Å². The fourth-order valence-corrected chi connectivity index (χ4v) is 3.80. The van der Waals surface area contributed by atoms with Crippen molar-refractivity contribution in [3.8, 4) is 0 Å². The monoisotopic (exact) mass is 324 g/mol. The Morgan fingerprint density at radius 2 is 2.08 bits per heavy atom. The van der Waals surface area contributed by atoms with Crippen LogP contribution in [0.15, 0.2) is 35.1 Å². The van der Waals surface area contributed by atoms with Crippen LogP contribution >= 0.6 is 0 Å². The van der Waals surface area contributed by atoms with Crippen LogP contribution in [0.3, 0.4) is 0 Å². The van der Waals surface area contributed by atoms with E-state index in [1.165, 1.54) is 31.2 Å². The fraction of sp³-hybridized carbons (Fsp3) is 0.474. The van der Waals surface area contributed by atoms with Gasteiger partial charge in [-0.3, -0.25) is 0 Å². The van der Waals surface area contributed by atoms with Crippen LogP contribution in [0.5, 0.6) is 0 Å². The lowest BCUT2D eigenvalue weighted by molar-refractivity contribution is 0.313. The van der Waals surface area contributed by atoms with Crippen molar-refractivity contribution in [1.29, 1.82) is 0 Å². The molecular weight excluding hydrogens is 300 g/mol. The van der Waals surface area contributed by atoms with Gasteiger partial charge in [-0.25, -0.2) is 9.50 Å². The number of nitrogens with one attached hydrogen (secondary N) is 1. The molecule has 0 amide bonds. The first kappa shape index (κ1) is 15.4. The van der Waals surface area contributed by atoms with Crippen LogP contribution in [-0.2, 0) is 6.54 Å². The van der Waals surface area contributed by atoms with Crippen molar-refractivity contribution in [1.82, 2.24) is 19.9 Å². The molecule has 126 valence electrons. The molecule has 5 heteroatoms. The highest BCUT2D eigenvalue weighted by Gasteiger charge is 2.24. The van der Waals surface area contributed by atoms with Gasteiger partial charge in [-0.15, -0.1) is 0 Å². The minimum atomic E-state index is 0.567. The van der Waals surface area contributed by atoms with Crippen molar-refractivity contribution in [2.45, 2.75) is 58.0 Å². The van der Waals surface area contributed by atoms with E-state index in [4.69, 9.17) is 4.42 Å². The molecule has 1 N–H and O–H groups in total. The third kappa shape index (κ3) is 2.96. The lowest BCUT2D eigenvalue weighted by atomic mass is 9.84. The molecule has 0 unspecified atom stereocenters. The van der Waals surface area contributed by atoms with E-state index in [2.05, 4.69) is 34.5 Å². The number of aromatic nitrogens is 3. The minimum absolute atomic E-state index is 0.567. The Balaban J connectivity index is 1.38. The first-order valence-corrected chi connectivity index (χ1v) is 8.78. The highest BCUT2D eigenvalue weighted by molar-refractivity contribution is 5.47. The normalized spacial score (nSPS) is 21.4. The van der Waals surface area contributed by atoms with Crippen molar-refractivity contribution in [2.75, 3.05) is 0 Å². The summed E-state index contributed by atoms with van der Waals surface area (Å²) in [5, 5.41) is 8.17.